The van der Waals surface area contributed by atoms with Crippen LogP contribution in [0.15, 0.2) is 28.9 Å². The number of hydrazine groups is 1. The van der Waals surface area contributed by atoms with Crippen molar-refractivity contribution in [3.8, 4) is 11.6 Å². The van der Waals surface area contributed by atoms with Gasteiger partial charge in [0.2, 0.25) is 17.6 Å². The fourth-order valence-electron chi connectivity index (χ4n) is 1.32. The van der Waals surface area contributed by atoms with E-state index in [-0.39, 0.29) is 22.1 Å². The monoisotopic (exact) mass is 343 g/mol. The van der Waals surface area contributed by atoms with E-state index >= 15 is 0 Å². The molecule has 20 heavy (non-hydrogen) atoms. The first-order chi connectivity index (χ1) is 9.51. The van der Waals surface area contributed by atoms with Crippen LogP contribution in [-0.2, 0) is 0 Å². The lowest BCUT2D eigenvalue weighted by molar-refractivity contribution is -0.385. The molecule has 0 saturated carbocycles. The number of aromatic nitrogens is 2. The molecule has 0 saturated heterocycles. The normalized spacial score (nSPS) is 10.2. The van der Waals surface area contributed by atoms with Crippen LogP contribution in [0.2, 0.25) is 0 Å². The number of nitro benzene ring substituents is 1. The average molecular weight is 344 g/mol. The Morgan fingerprint density at radius 2 is 2.25 bits per heavy atom. The van der Waals surface area contributed by atoms with Crippen molar-refractivity contribution in [1.29, 1.82) is 0 Å². The molecule has 1 heterocycles. The number of halogens is 2. The van der Waals surface area contributed by atoms with Crippen molar-refractivity contribution in [2.75, 3.05) is 5.43 Å². The number of nitrogens with two attached hydrogens (primary N) is 1. The number of nitrogens with zero attached hydrogens (tertiary/aromatic N) is 3. The molecule has 3 N–H and O–H groups in total. The number of nitrogen functional groups attached to an aromatic ring is 1. The zero-order valence-electron chi connectivity index (χ0n) is 9.71. The third-order valence-electron chi connectivity index (χ3n) is 2.17. The van der Waals surface area contributed by atoms with Crippen LogP contribution < -0.4 is 16.0 Å². The highest BCUT2D eigenvalue weighted by molar-refractivity contribution is 9.10. The Morgan fingerprint density at radius 1 is 1.50 bits per heavy atom. The summed E-state index contributed by atoms with van der Waals surface area (Å²) in [4.78, 5) is 17.8. The van der Waals surface area contributed by atoms with E-state index in [4.69, 9.17) is 10.6 Å². The Hall–Kier alpha value is -2.33. The lowest BCUT2D eigenvalue weighted by atomic mass is 10.3. The Morgan fingerprint density at radius 3 is 2.90 bits per heavy atom. The molecule has 0 unspecified atom stereocenters. The Balaban J connectivity index is 2.41. The Bertz CT molecular complexity index is 669. The fourth-order valence-corrected chi connectivity index (χ4v) is 1.65. The summed E-state index contributed by atoms with van der Waals surface area (Å²) >= 11 is 2.87. The smallest absolute Gasteiger partial charge is 0.312 e. The minimum absolute atomic E-state index is 0.0160. The van der Waals surface area contributed by atoms with Gasteiger partial charge in [-0.05, 0) is 15.9 Å². The van der Waals surface area contributed by atoms with Gasteiger partial charge < -0.3 is 4.74 Å². The summed E-state index contributed by atoms with van der Waals surface area (Å²) in [6.07, 6.45) is 1.33. The molecule has 2 rings (SSSR count). The van der Waals surface area contributed by atoms with E-state index in [0.29, 0.717) is 0 Å². The van der Waals surface area contributed by atoms with Gasteiger partial charge in [-0.25, -0.2) is 15.2 Å². The quantitative estimate of drug-likeness (QED) is 0.497. The molecule has 0 aliphatic carbocycles. The van der Waals surface area contributed by atoms with Crippen molar-refractivity contribution < 1.29 is 14.1 Å². The molecular formula is C10H7BrFN5O3. The number of nitro groups is 1. The van der Waals surface area contributed by atoms with Crippen molar-refractivity contribution >= 4 is 27.6 Å². The Labute approximate surface area is 120 Å². The lowest BCUT2D eigenvalue weighted by Crippen LogP contribution is -2.10. The second kappa shape index (κ2) is 5.75. The van der Waals surface area contributed by atoms with Crippen molar-refractivity contribution in [2.45, 2.75) is 0 Å². The number of benzene rings is 1. The minimum Gasteiger partial charge on any atom is -0.432 e. The third kappa shape index (κ3) is 2.97. The van der Waals surface area contributed by atoms with Crippen LogP contribution >= 0.6 is 15.9 Å². The predicted molar refractivity (Wildman–Crippen MR) is 70.7 cm³/mol. The van der Waals surface area contributed by atoms with Gasteiger partial charge in [0, 0.05) is 24.4 Å². The molecule has 0 bridgehead atoms. The van der Waals surface area contributed by atoms with Crippen LogP contribution in [0.4, 0.5) is 16.0 Å². The highest BCUT2D eigenvalue weighted by Crippen LogP contribution is 2.34. The standard InChI is InChI=1S/C10H7BrFN5O3/c11-5-3-7(17(18)19)8(4-6(5)12)20-9-1-2-14-10(15-9)16-13/h1-4H,13H2,(H,14,15,16). The van der Waals surface area contributed by atoms with Gasteiger partial charge in [-0.2, -0.15) is 4.98 Å². The minimum atomic E-state index is -0.697. The van der Waals surface area contributed by atoms with Gasteiger partial charge in [0.1, 0.15) is 5.82 Å². The molecule has 0 fully saturated rings. The van der Waals surface area contributed by atoms with Crippen LogP contribution in [0.25, 0.3) is 0 Å². The summed E-state index contributed by atoms with van der Waals surface area (Å²) < 4.78 is 18.6. The van der Waals surface area contributed by atoms with E-state index in [1.54, 1.807) is 0 Å². The van der Waals surface area contributed by atoms with Crippen LogP contribution in [0.1, 0.15) is 0 Å². The van der Waals surface area contributed by atoms with Crippen LogP contribution in [0.3, 0.4) is 0 Å². The first kappa shape index (κ1) is 14.1. The summed E-state index contributed by atoms with van der Waals surface area (Å²) in [6, 6.07) is 3.25. The molecule has 10 heteroatoms. The van der Waals surface area contributed by atoms with Gasteiger partial charge in [-0.1, -0.05) is 0 Å². The first-order valence-electron chi connectivity index (χ1n) is 5.12. The predicted octanol–water partition coefficient (Wildman–Crippen LogP) is 2.36. The van der Waals surface area contributed by atoms with Gasteiger partial charge in [0.25, 0.3) is 0 Å². The molecule has 0 atom stereocenters. The summed E-state index contributed by atoms with van der Waals surface area (Å²) in [6.45, 7) is 0. The maximum atomic E-state index is 13.5. The average Bonchev–Trinajstić information content (AvgIpc) is 2.42. The number of rotatable bonds is 4. The molecule has 0 aliphatic heterocycles. The molecule has 8 nitrogen and oxygen atoms in total. The number of anilines is 1. The van der Waals surface area contributed by atoms with E-state index in [0.717, 1.165) is 12.1 Å². The number of nitrogens with one attached hydrogen (secondary N) is 1. The van der Waals surface area contributed by atoms with Crippen molar-refractivity contribution in [1.82, 2.24) is 9.97 Å². The zero-order valence-corrected chi connectivity index (χ0v) is 11.3. The third-order valence-corrected chi connectivity index (χ3v) is 2.78. The summed E-state index contributed by atoms with van der Waals surface area (Å²) in [5.74, 6) is 4.19. The van der Waals surface area contributed by atoms with Crippen LogP contribution in [-0.4, -0.2) is 14.9 Å². The topological polar surface area (TPSA) is 116 Å². The molecule has 0 spiro atoms. The number of hydrogen-bond acceptors (Lipinski definition) is 7. The van der Waals surface area contributed by atoms with Crippen molar-refractivity contribution in [3.63, 3.8) is 0 Å². The molecule has 2 aromatic rings. The van der Waals surface area contributed by atoms with Gasteiger partial charge in [0.15, 0.2) is 0 Å². The van der Waals surface area contributed by atoms with Crippen molar-refractivity contribution in [3.05, 3.63) is 44.8 Å². The second-order valence-corrected chi connectivity index (χ2v) is 4.31. The van der Waals surface area contributed by atoms with Gasteiger partial charge in [0.05, 0.1) is 9.40 Å². The number of hydrogen-bond donors (Lipinski definition) is 2. The molecule has 0 radical (unpaired) electrons. The van der Waals surface area contributed by atoms with Crippen LogP contribution in [0.5, 0.6) is 11.6 Å². The maximum absolute atomic E-state index is 13.5. The largest absolute Gasteiger partial charge is 0.432 e. The van der Waals surface area contributed by atoms with E-state index in [1.807, 2.05) is 0 Å². The summed E-state index contributed by atoms with van der Waals surface area (Å²) in [5.41, 5.74) is 1.79. The molecule has 1 aromatic heterocycles. The van der Waals surface area contributed by atoms with Gasteiger partial charge in [-0.3, -0.25) is 15.5 Å². The van der Waals surface area contributed by atoms with E-state index < -0.39 is 16.4 Å². The Kier molecular flexibility index (Phi) is 4.05. The zero-order chi connectivity index (χ0) is 14.7. The highest BCUT2D eigenvalue weighted by atomic mass is 79.9. The number of ether oxygens (including phenoxy) is 1. The van der Waals surface area contributed by atoms with Gasteiger partial charge >= 0.3 is 5.69 Å². The second-order valence-electron chi connectivity index (χ2n) is 3.46. The first-order valence-corrected chi connectivity index (χ1v) is 5.91. The maximum Gasteiger partial charge on any atom is 0.312 e. The molecule has 0 aliphatic rings. The van der Waals surface area contributed by atoms with E-state index in [2.05, 4.69) is 31.3 Å². The lowest BCUT2D eigenvalue weighted by Gasteiger charge is -2.07. The molecular weight excluding hydrogens is 337 g/mol. The SMILES string of the molecule is NNc1nccc(Oc2cc(F)c(Br)cc2[N+](=O)[O-])n1. The highest BCUT2D eigenvalue weighted by Gasteiger charge is 2.20. The van der Waals surface area contributed by atoms with E-state index in [1.165, 1.54) is 12.3 Å². The van der Waals surface area contributed by atoms with Crippen molar-refractivity contribution in [2.24, 2.45) is 5.84 Å². The fraction of sp³-hybridized carbons (Fsp3) is 0. The summed E-state index contributed by atoms with van der Waals surface area (Å²) in [5, 5.41) is 10.9. The summed E-state index contributed by atoms with van der Waals surface area (Å²) in [7, 11) is 0. The van der Waals surface area contributed by atoms with Gasteiger partial charge in [-0.15, -0.1) is 0 Å². The molecule has 1 aromatic carbocycles. The van der Waals surface area contributed by atoms with E-state index in [9.17, 15) is 14.5 Å². The molecule has 104 valence electrons. The van der Waals surface area contributed by atoms with Crippen LogP contribution in [0, 0.1) is 15.9 Å². The molecule has 0 amide bonds.